The molecular weight excluding hydrogens is 668 g/mol. The standard InChI is InChI=1S/C35H43F2N7O5S/c1-22(2)33-40-35(48-42-33)43-14-11-25(12-15-43)24(4)13-16-47-27-18-38-34(39-19-27)44-20-30(29-17-26(36)7-10-31(29)37)32(21-44)41-49-50(45,46)28-8-5-23(3)6-9-28/h5-10,17-19,22,24-25,30,32,41H,11-16,20-21H2,1-4H3/t24-,30?,32?/m1/s1. The van der Waals surface area contributed by atoms with E-state index in [4.69, 9.17) is 13.5 Å². The number of anilines is 2. The first kappa shape index (κ1) is 35.6. The van der Waals surface area contributed by atoms with Crippen LogP contribution in [-0.2, 0) is 14.4 Å². The molecule has 0 aliphatic carbocycles. The Morgan fingerprint density at radius 1 is 1.00 bits per heavy atom. The van der Waals surface area contributed by atoms with Gasteiger partial charge in [-0.05, 0) is 73.9 Å². The molecule has 0 bridgehead atoms. The maximum Gasteiger partial charge on any atom is 0.324 e. The molecule has 2 fully saturated rings. The monoisotopic (exact) mass is 711 g/mol. The lowest BCUT2D eigenvalue weighted by Crippen LogP contribution is -2.37. The van der Waals surface area contributed by atoms with E-state index in [0.29, 0.717) is 36.2 Å². The van der Waals surface area contributed by atoms with Gasteiger partial charge in [-0.25, -0.2) is 18.7 Å². The summed E-state index contributed by atoms with van der Waals surface area (Å²) >= 11 is 0. The number of aromatic nitrogens is 4. The van der Waals surface area contributed by atoms with Crippen molar-refractivity contribution in [3.8, 4) is 5.75 Å². The number of hydrogen-bond donors (Lipinski definition) is 1. The molecule has 2 aliphatic heterocycles. The predicted molar refractivity (Wildman–Crippen MR) is 182 cm³/mol. The van der Waals surface area contributed by atoms with Crippen LogP contribution in [0.1, 0.15) is 68.8 Å². The van der Waals surface area contributed by atoms with Crippen molar-refractivity contribution in [2.24, 2.45) is 11.8 Å². The highest BCUT2D eigenvalue weighted by molar-refractivity contribution is 7.86. The molecular formula is C35H43F2N7O5S. The average molecular weight is 712 g/mol. The Bertz CT molecular complexity index is 1830. The highest BCUT2D eigenvalue weighted by atomic mass is 32.2. The van der Waals surface area contributed by atoms with Crippen LogP contribution in [-0.4, -0.2) is 67.4 Å². The van der Waals surface area contributed by atoms with Gasteiger partial charge in [-0.1, -0.05) is 43.6 Å². The first-order valence-electron chi connectivity index (χ1n) is 17.0. The van der Waals surface area contributed by atoms with Crippen molar-refractivity contribution in [2.45, 2.75) is 69.7 Å². The molecule has 268 valence electrons. The summed E-state index contributed by atoms with van der Waals surface area (Å²) in [5, 5.41) is 4.08. The van der Waals surface area contributed by atoms with Gasteiger partial charge in [0.1, 0.15) is 11.6 Å². The molecule has 2 aromatic heterocycles. The highest BCUT2D eigenvalue weighted by Gasteiger charge is 2.38. The molecule has 6 rings (SSSR count). The Hall–Kier alpha value is -4.21. The zero-order valence-corrected chi connectivity index (χ0v) is 29.4. The maximum atomic E-state index is 14.9. The zero-order chi connectivity index (χ0) is 35.4. The van der Waals surface area contributed by atoms with Crippen LogP contribution in [0, 0.1) is 30.4 Å². The average Bonchev–Trinajstić information content (AvgIpc) is 3.78. The van der Waals surface area contributed by atoms with Crippen molar-refractivity contribution >= 4 is 22.1 Å². The molecule has 2 aliphatic rings. The van der Waals surface area contributed by atoms with Crippen molar-refractivity contribution < 1.29 is 30.7 Å². The summed E-state index contributed by atoms with van der Waals surface area (Å²) in [6, 6.07) is 9.29. The Morgan fingerprint density at radius 3 is 2.40 bits per heavy atom. The third kappa shape index (κ3) is 8.38. The molecule has 15 heteroatoms. The Kier molecular flexibility index (Phi) is 10.9. The third-order valence-corrected chi connectivity index (χ3v) is 10.8. The Balaban J connectivity index is 1.03. The fraction of sp³-hybridized carbons (Fsp3) is 0.486. The molecule has 2 aromatic carbocycles. The molecule has 0 saturated carbocycles. The van der Waals surface area contributed by atoms with Crippen LogP contribution < -0.4 is 20.0 Å². The normalized spacial score (nSPS) is 19.3. The number of ether oxygens (including phenoxy) is 1. The van der Waals surface area contributed by atoms with Crippen molar-refractivity contribution in [2.75, 3.05) is 42.6 Å². The lowest BCUT2D eigenvalue weighted by Gasteiger charge is -2.33. The Morgan fingerprint density at radius 2 is 1.72 bits per heavy atom. The molecule has 1 N–H and O–H groups in total. The number of hydroxylamine groups is 1. The van der Waals surface area contributed by atoms with Gasteiger partial charge in [0, 0.05) is 38.0 Å². The first-order chi connectivity index (χ1) is 24.0. The van der Waals surface area contributed by atoms with E-state index < -0.39 is 33.7 Å². The predicted octanol–water partition coefficient (Wildman–Crippen LogP) is 5.77. The number of halogens is 2. The number of benzene rings is 2. The van der Waals surface area contributed by atoms with Crippen LogP contribution >= 0.6 is 0 Å². The second-order valence-corrected chi connectivity index (χ2v) is 15.0. The molecule has 0 spiro atoms. The topological polar surface area (TPSA) is 136 Å². The molecule has 0 radical (unpaired) electrons. The first-order valence-corrected chi connectivity index (χ1v) is 18.4. The van der Waals surface area contributed by atoms with E-state index in [1.165, 1.54) is 12.1 Å². The summed E-state index contributed by atoms with van der Waals surface area (Å²) in [6.07, 6.45) is 6.10. The van der Waals surface area contributed by atoms with E-state index in [1.54, 1.807) is 29.4 Å². The van der Waals surface area contributed by atoms with Crippen LogP contribution in [0.3, 0.4) is 0 Å². The number of nitrogens with one attached hydrogen (secondary N) is 1. The number of aryl methyl sites for hydroxylation is 1. The summed E-state index contributed by atoms with van der Waals surface area (Å²) < 4.78 is 71.6. The largest absolute Gasteiger partial charge is 0.490 e. The molecule has 4 aromatic rings. The van der Waals surface area contributed by atoms with Crippen LogP contribution in [0.15, 0.2) is 64.3 Å². The molecule has 4 heterocycles. The van der Waals surface area contributed by atoms with Crippen LogP contribution in [0.4, 0.5) is 20.7 Å². The fourth-order valence-corrected chi connectivity index (χ4v) is 7.29. The molecule has 2 unspecified atom stereocenters. The lowest BCUT2D eigenvalue weighted by atomic mass is 9.84. The van der Waals surface area contributed by atoms with Gasteiger partial charge in [-0.3, -0.25) is 0 Å². The summed E-state index contributed by atoms with van der Waals surface area (Å²) in [5.41, 5.74) is 3.60. The van der Waals surface area contributed by atoms with E-state index in [9.17, 15) is 17.2 Å². The van der Waals surface area contributed by atoms with Gasteiger partial charge in [-0.2, -0.15) is 23.2 Å². The second kappa shape index (κ2) is 15.4. The maximum absolute atomic E-state index is 14.9. The fourth-order valence-electron chi connectivity index (χ4n) is 6.47. The van der Waals surface area contributed by atoms with Crippen molar-refractivity contribution in [3.05, 3.63) is 83.4 Å². The SMILES string of the molecule is Cc1ccc(S(=O)(=O)ONC2CN(c3ncc(OCC[C@@H](C)C4CCN(c5nc(C(C)C)no5)CC4)cn3)CC2c2cc(F)ccc2F)cc1. The minimum Gasteiger partial charge on any atom is -0.490 e. The molecule has 2 saturated heterocycles. The summed E-state index contributed by atoms with van der Waals surface area (Å²) in [4.78, 5) is 17.4. The third-order valence-electron chi connectivity index (χ3n) is 9.60. The van der Waals surface area contributed by atoms with Crippen LogP contribution in [0.25, 0.3) is 0 Å². The van der Waals surface area contributed by atoms with E-state index in [1.807, 2.05) is 20.8 Å². The number of nitrogens with zero attached hydrogens (tertiary/aromatic N) is 6. The van der Waals surface area contributed by atoms with Gasteiger partial charge in [0.05, 0.1) is 29.9 Å². The van der Waals surface area contributed by atoms with Crippen molar-refractivity contribution in [1.82, 2.24) is 25.6 Å². The minimum atomic E-state index is -4.17. The quantitative estimate of drug-likeness (QED) is 0.169. The van der Waals surface area contributed by atoms with Gasteiger partial charge in [0.2, 0.25) is 5.95 Å². The number of hydrogen-bond acceptors (Lipinski definition) is 12. The van der Waals surface area contributed by atoms with Gasteiger partial charge >= 0.3 is 16.1 Å². The van der Waals surface area contributed by atoms with Gasteiger partial charge < -0.3 is 19.1 Å². The lowest BCUT2D eigenvalue weighted by molar-refractivity contribution is 0.162. The zero-order valence-electron chi connectivity index (χ0n) is 28.6. The number of piperidine rings is 1. The van der Waals surface area contributed by atoms with E-state index in [-0.39, 0.29) is 29.5 Å². The Labute approximate surface area is 291 Å². The van der Waals surface area contributed by atoms with Gasteiger partial charge in [0.25, 0.3) is 0 Å². The van der Waals surface area contributed by atoms with Crippen LogP contribution in [0.2, 0.25) is 0 Å². The number of rotatable bonds is 13. The van der Waals surface area contributed by atoms with Crippen molar-refractivity contribution in [3.63, 3.8) is 0 Å². The molecule has 3 atom stereocenters. The van der Waals surface area contributed by atoms with E-state index >= 15 is 0 Å². The summed E-state index contributed by atoms with van der Waals surface area (Å²) in [6.45, 7) is 10.8. The smallest absolute Gasteiger partial charge is 0.324 e. The van der Waals surface area contributed by atoms with Gasteiger partial charge in [-0.15, -0.1) is 0 Å². The second-order valence-electron chi connectivity index (χ2n) is 13.5. The van der Waals surface area contributed by atoms with Crippen LogP contribution in [0.5, 0.6) is 5.75 Å². The van der Waals surface area contributed by atoms with Crippen molar-refractivity contribution in [1.29, 1.82) is 0 Å². The molecule has 50 heavy (non-hydrogen) atoms. The van der Waals surface area contributed by atoms with E-state index in [2.05, 4.69) is 37.4 Å². The summed E-state index contributed by atoms with van der Waals surface area (Å²) in [5.74, 6) is 0.944. The van der Waals surface area contributed by atoms with E-state index in [0.717, 1.165) is 61.9 Å². The highest BCUT2D eigenvalue weighted by Crippen LogP contribution is 2.33. The molecule has 12 nitrogen and oxygen atoms in total. The molecule has 0 amide bonds. The van der Waals surface area contributed by atoms with Gasteiger partial charge in [0.15, 0.2) is 11.6 Å². The summed E-state index contributed by atoms with van der Waals surface area (Å²) in [7, 11) is -4.17. The minimum absolute atomic E-state index is 0.0294.